The minimum Gasteiger partial charge on any atom is -0.467 e. The molecular formula is C30H43N3O5. The Kier molecular flexibility index (Phi) is 8.76. The first kappa shape index (κ1) is 29.4. The number of nitrogens with zero attached hydrogens (tertiary/aromatic N) is 1. The number of likely N-dealkylation sites (tertiary alicyclic amines) is 1. The molecule has 2 N–H and O–H groups in total. The van der Waals surface area contributed by atoms with E-state index in [2.05, 4.69) is 41.0 Å². The highest BCUT2D eigenvalue weighted by atomic mass is 16.5. The van der Waals surface area contributed by atoms with E-state index >= 15 is 0 Å². The van der Waals surface area contributed by atoms with Crippen LogP contribution in [0.2, 0.25) is 0 Å². The molecule has 0 radical (unpaired) electrons. The number of urea groups is 1. The Balaban J connectivity index is 1.88. The van der Waals surface area contributed by atoms with Crippen LogP contribution in [0.3, 0.4) is 0 Å². The Labute approximate surface area is 226 Å². The first-order valence-electron chi connectivity index (χ1n) is 13.2. The fourth-order valence-corrected chi connectivity index (χ4v) is 5.22. The lowest BCUT2D eigenvalue weighted by molar-refractivity contribution is -0.152. The Morgan fingerprint density at radius 3 is 2.21 bits per heavy atom. The van der Waals surface area contributed by atoms with Crippen molar-refractivity contribution in [2.24, 2.45) is 11.3 Å². The van der Waals surface area contributed by atoms with Crippen LogP contribution in [0.1, 0.15) is 59.9 Å². The minimum absolute atomic E-state index is 0.0462. The fraction of sp³-hybridized carbons (Fsp3) is 0.567. The van der Waals surface area contributed by atoms with Gasteiger partial charge >= 0.3 is 12.0 Å². The van der Waals surface area contributed by atoms with Gasteiger partial charge in [-0.05, 0) is 43.7 Å². The van der Waals surface area contributed by atoms with Crippen LogP contribution in [0, 0.1) is 11.3 Å². The normalized spacial score (nSPS) is 24.4. The number of ether oxygens (including phenoxy) is 2. The SMILES string of the molecule is COC(=O)[C@@H]1C[C@@](OC)(C2C=CC(c3ccccc3)=CC2)CN1C(=O)C(NC(=O)NC(C)(C)C)C(C)(C)C. The van der Waals surface area contributed by atoms with Gasteiger partial charge in [0.25, 0.3) is 0 Å². The molecular weight excluding hydrogens is 482 g/mol. The quantitative estimate of drug-likeness (QED) is 0.540. The topological polar surface area (TPSA) is 97.0 Å². The van der Waals surface area contributed by atoms with E-state index < -0.39 is 40.6 Å². The summed E-state index contributed by atoms with van der Waals surface area (Å²) in [7, 11) is 2.95. The average molecular weight is 526 g/mol. The number of esters is 1. The third kappa shape index (κ3) is 6.65. The van der Waals surface area contributed by atoms with Gasteiger partial charge in [0.05, 0.1) is 19.3 Å². The smallest absolute Gasteiger partial charge is 0.328 e. The summed E-state index contributed by atoms with van der Waals surface area (Å²) >= 11 is 0. The molecule has 0 bridgehead atoms. The molecule has 1 saturated heterocycles. The summed E-state index contributed by atoms with van der Waals surface area (Å²) in [5.74, 6) is -0.879. The lowest BCUT2D eigenvalue weighted by Crippen LogP contribution is -2.60. The predicted octanol–water partition coefficient (Wildman–Crippen LogP) is 4.32. The van der Waals surface area contributed by atoms with E-state index in [1.807, 2.05) is 59.7 Å². The molecule has 0 spiro atoms. The van der Waals surface area contributed by atoms with E-state index in [-0.39, 0.29) is 18.4 Å². The van der Waals surface area contributed by atoms with Crippen LogP contribution in [0.4, 0.5) is 4.79 Å². The van der Waals surface area contributed by atoms with E-state index in [1.54, 1.807) is 7.11 Å². The van der Waals surface area contributed by atoms with E-state index in [9.17, 15) is 14.4 Å². The maximum absolute atomic E-state index is 14.0. The van der Waals surface area contributed by atoms with Crippen molar-refractivity contribution in [3.8, 4) is 0 Å². The highest BCUT2D eigenvalue weighted by molar-refractivity contribution is 5.92. The highest BCUT2D eigenvalue weighted by Gasteiger charge is 2.54. The number of carbonyl (C=O) groups is 3. The molecule has 1 fully saturated rings. The highest BCUT2D eigenvalue weighted by Crippen LogP contribution is 2.42. The maximum atomic E-state index is 14.0. The summed E-state index contributed by atoms with van der Waals surface area (Å²) in [4.78, 5) is 41.3. The second kappa shape index (κ2) is 11.3. The molecule has 8 heteroatoms. The molecule has 4 atom stereocenters. The molecule has 1 aliphatic heterocycles. The second-order valence-electron chi connectivity index (χ2n) is 12.4. The van der Waals surface area contributed by atoms with Crippen LogP contribution >= 0.6 is 0 Å². The predicted molar refractivity (Wildman–Crippen MR) is 148 cm³/mol. The van der Waals surface area contributed by atoms with Crippen molar-refractivity contribution in [1.82, 2.24) is 15.5 Å². The van der Waals surface area contributed by atoms with Gasteiger partial charge < -0.3 is 25.0 Å². The van der Waals surface area contributed by atoms with Crippen molar-refractivity contribution >= 4 is 23.5 Å². The Bertz CT molecular complexity index is 1080. The number of methoxy groups -OCH3 is 2. The largest absolute Gasteiger partial charge is 0.467 e. The molecule has 1 aromatic rings. The van der Waals surface area contributed by atoms with E-state index in [4.69, 9.17) is 9.47 Å². The number of carbonyl (C=O) groups excluding carboxylic acids is 3. The first-order valence-corrected chi connectivity index (χ1v) is 13.2. The molecule has 2 aliphatic rings. The lowest BCUT2D eigenvalue weighted by Gasteiger charge is -2.37. The molecule has 8 nitrogen and oxygen atoms in total. The van der Waals surface area contributed by atoms with E-state index in [0.717, 1.165) is 11.1 Å². The zero-order valence-electron chi connectivity index (χ0n) is 24.0. The fourth-order valence-electron chi connectivity index (χ4n) is 5.22. The number of rotatable bonds is 6. The molecule has 208 valence electrons. The molecule has 3 rings (SSSR count). The Morgan fingerprint density at radius 1 is 1.05 bits per heavy atom. The molecule has 2 unspecified atom stereocenters. The minimum atomic E-state index is -0.865. The van der Waals surface area contributed by atoms with Gasteiger partial charge in [0.2, 0.25) is 5.91 Å². The van der Waals surface area contributed by atoms with Crippen LogP contribution in [-0.4, -0.2) is 66.8 Å². The van der Waals surface area contributed by atoms with Crippen LogP contribution in [0.25, 0.3) is 5.57 Å². The van der Waals surface area contributed by atoms with Gasteiger partial charge in [0, 0.05) is 25.0 Å². The number of amides is 3. The summed E-state index contributed by atoms with van der Waals surface area (Å²) in [6, 6.07) is 8.02. The third-order valence-electron chi connectivity index (χ3n) is 7.28. The third-order valence-corrected chi connectivity index (χ3v) is 7.28. The van der Waals surface area contributed by atoms with Gasteiger partial charge in [0.15, 0.2) is 0 Å². The monoisotopic (exact) mass is 525 g/mol. The van der Waals surface area contributed by atoms with Gasteiger partial charge in [0.1, 0.15) is 12.1 Å². The van der Waals surface area contributed by atoms with Crippen LogP contribution in [0.15, 0.2) is 48.6 Å². The van der Waals surface area contributed by atoms with Gasteiger partial charge in [-0.15, -0.1) is 0 Å². The summed E-state index contributed by atoms with van der Waals surface area (Å²) in [5.41, 5.74) is 0.411. The number of allylic oxidation sites excluding steroid dienone is 3. The van der Waals surface area contributed by atoms with Crippen molar-refractivity contribution in [3.63, 3.8) is 0 Å². The van der Waals surface area contributed by atoms with Gasteiger partial charge in [-0.3, -0.25) is 4.79 Å². The molecule has 0 aromatic heterocycles. The Hall–Kier alpha value is -3.13. The number of nitrogens with one attached hydrogen (secondary N) is 2. The van der Waals surface area contributed by atoms with Crippen molar-refractivity contribution in [3.05, 3.63) is 54.1 Å². The number of hydrogen-bond acceptors (Lipinski definition) is 5. The standard InChI is InChI=1S/C30H43N3O5/c1-28(2,3)24(31-27(36)32-29(4,5)6)25(34)33-19-30(38-8,18-23(33)26(35)37-7)22-16-14-21(15-17-22)20-12-10-9-11-13-20/h9-16,22-24H,17-19H2,1-8H3,(H2,31,32,36)/t22?,23-,24?,30-/m0/s1. The second-order valence-corrected chi connectivity index (χ2v) is 12.4. The van der Waals surface area contributed by atoms with Crippen molar-refractivity contribution < 1.29 is 23.9 Å². The number of benzene rings is 1. The molecule has 3 amide bonds. The maximum Gasteiger partial charge on any atom is 0.328 e. The summed E-state index contributed by atoms with van der Waals surface area (Å²) in [6.45, 7) is 11.5. The molecule has 1 aliphatic carbocycles. The van der Waals surface area contributed by atoms with Gasteiger partial charge in [-0.25, -0.2) is 9.59 Å². The van der Waals surface area contributed by atoms with Gasteiger partial charge in [-0.2, -0.15) is 0 Å². The zero-order valence-corrected chi connectivity index (χ0v) is 24.0. The van der Waals surface area contributed by atoms with Crippen LogP contribution in [0.5, 0.6) is 0 Å². The van der Waals surface area contributed by atoms with Crippen molar-refractivity contribution in [2.45, 2.75) is 77.6 Å². The molecule has 1 aromatic carbocycles. The summed E-state index contributed by atoms with van der Waals surface area (Å²) < 4.78 is 11.2. The zero-order chi connectivity index (χ0) is 28.3. The molecule has 0 saturated carbocycles. The number of hydrogen-bond donors (Lipinski definition) is 2. The van der Waals surface area contributed by atoms with Crippen molar-refractivity contribution in [2.75, 3.05) is 20.8 Å². The summed E-state index contributed by atoms with van der Waals surface area (Å²) in [5, 5.41) is 5.72. The van der Waals surface area contributed by atoms with Crippen LogP contribution in [-0.2, 0) is 19.1 Å². The van der Waals surface area contributed by atoms with E-state index in [1.165, 1.54) is 12.0 Å². The van der Waals surface area contributed by atoms with E-state index in [0.29, 0.717) is 12.8 Å². The Morgan fingerprint density at radius 2 is 1.71 bits per heavy atom. The average Bonchev–Trinajstić information content (AvgIpc) is 3.27. The molecule has 1 heterocycles. The molecule has 38 heavy (non-hydrogen) atoms. The first-order chi connectivity index (χ1) is 17.7. The lowest BCUT2D eigenvalue weighted by atomic mass is 9.79. The van der Waals surface area contributed by atoms with Crippen LogP contribution < -0.4 is 10.6 Å². The van der Waals surface area contributed by atoms with Gasteiger partial charge in [-0.1, -0.05) is 69.3 Å². The summed E-state index contributed by atoms with van der Waals surface area (Å²) in [6.07, 6.45) is 7.38. The van der Waals surface area contributed by atoms with Crippen molar-refractivity contribution in [1.29, 1.82) is 0 Å².